The van der Waals surface area contributed by atoms with Gasteiger partial charge in [0.15, 0.2) is 0 Å². The summed E-state index contributed by atoms with van der Waals surface area (Å²) in [7, 11) is 0. The summed E-state index contributed by atoms with van der Waals surface area (Å²) in [5, 5.41) is 0. The van der Waals surface area contributed by atoms with Gasteiger partial charge in [0.25, 0.3) is 0 Å². The van der Waals surface area contributed by atoms with Crippen LogP contribution < -0.4 is 0 Å². The van der Waals surface area contributed by atoms with Gasteiger partial charge in [0.2, 0.25) is 0 Å². The average molecular weight is 128 g/mol. The summed E-state index contributed by atoms with van der Waals surface area (Å²) in [6.07, 6.45) is 4.34. The van der Waals surface area contributed by atoms with E-state index in [1.807, 2.05) is 26.0 Å². The van der Waals surface area contributed by atoms with E-state index in [0.717, 1.165) is 0 Å². The molecule has 0 heterocycles. The van der Waals surface area contributed by atoms with Gasteiger partial charge in [0.1, 0.15) is 0 Å². The van der Waals surface area contributed by atoms with Crippen molar-refractivity contribution in [2.24, 2.45) is 5.92 Å². The molecule has 0 radical (unpaired) electrons. The van der Waals surface area contributed by atoms with Gasteiger partial charge in [-0.05, 0) is 12.8 Å². The molecule has 0 bridgehead atoms. The Morgan fingerprint density at radius 3 is 2.67 bits per heavy atom. The van der Waals surface area contributed by atoms with Crippen molar-refractivity contribution in [3.8, 4) is 0 Å². The minimum absolute atomic E-state index is 0.236. The third-order valence-electron chi connectivity index (χ3n) is 1.06. The van der Waals surface area contributed by atoms with Crippen LogP contribution in [0.15, 0.2) is 24.6 Å². The van der Waals surface area contributed by atoms with Gasteiger partial charge in [-0.1, -0.05) is 25.7 Å². The summed E-state index contributed by atoms with van der Waals surface area (Å²) in [4.78, 5) is 0. The second-order valence-corrected chi connectivity index (χ2v) is 2.22. The molecule has 0 fully saturated rings. The van der Waals surface area contributed by atoms with Gasteiger partial charge in [-0.25, -0.2) is 4.39 Å². The van der Waals surface area contributed by atoms with Crippen LogP contribution in [-0.2, 0) is 0 Å². The summed E-state index contributed by atoms with van der Waals surface area (Å²) in [6, 6.07) is 0. The van der Waals surface area contributed by atoms with Crippen LogP contribution >= 0.6 is 0 Å². The number of hydrogen-bond donors (Lipinski definition) is 0. The van der Waals surface area contributed by atoms with Crippen LogP contribution in [0.25, 0.3) is 0 Å². The molecule has 0 aromatic rings. The SMILES string of the molecule is C=C(F)CC(C)/C=C/C. The van der Waals surface area contributed by atoms with Crippen molar-refractivity contribution in [1.82, 2.24) is 0 Å². The van der Waals surface area contributed by atoms with E-state index >= 15 is 0 Å². The highest BCUT2D eigenvalue weighted by atomic mass is 19.1. The molecule has 0 saturated heterocycles. The largest absolute Gasteiger partial charge is 0.212 e. The summed E-state index contributed by atoms with van der Waals surface area (Å²) in [6.45, 7) is 7.07. The maximum atomic E-state index is 12.0. The van der Waals surface area contributed by atoms with Crippen molar-refractivity contribution >= 4 is 0 Å². The monoisotopic (exact) mass is 128 g/mol. The Labute approximate surface area is 56.1 Å². The molecule has 52 valence electrons. The van der Waals surface area contributed by atoms with Crippen LogP contribution in [0.1, 0.15) is 20.3 Å². The van der Waals surface area contributed by atoms with E-state index in [9.17, 15) is 4.39 Å². The molecule has 0 aliphatic rings. The van der Waals surface area contributed by atoms with E-state index in [2.05, 4.69) is 6.58 Å². The average Bonchev–Trinajstić information content (AvgIpc) is 1.63. The van der Waals surface area contributed by atoms with Gasteiger partial charge in [-0.3, -0.25) is 0 Å². The Hall–Kier alpha value is -0.590. The van der Waals surface area contributed by atoms with Crippen molar-refractivity contribution in [3.05, 3.63) is 24.6 Å². The van der Waals surface area contributed by atoms with Crippen molar-refractivity contribution in [2.75, 3.05) is 0 Å². The lowest BCUT2D eigenvalue weighted by atomic mass is 10.1. The molecule has 0 aromatic heterocycles. The molecule has 0 rings (SSSR count). The molecular formula is C8H13F. The van der Waals surface area contributed by atoms with Gasteiger partial charge in [0, 0.05) is 6.42 Å². The smallest absolute Gasteiger partial charge is 0.0933 e. The Bertz CT molecular complexity index is 114. The standard InChI is InChI=1S/C8H13F/c1-4-5-7(2)6-8(3)9/h4-5,7H,3,6H2,1-2H3/b5-4+. The van der Waals surface area contributed by atoms with Gasteiger partial charge < -0.3 is 0 Å². The second-order valence-electron chi connectivity index (χ2n) is 2.22. The summed E-state index contributed by atoms with van der Waals surface area (Å²) in [5.74, 6) is 0.0492. The summed E-state index contributed by atoms with van der Waals surface area (Å²) < 4.78 is 12.0. The van der Waals surface area contributed by atoms with Crippen LogP contribution in [0.5, 0.6) is 0 Å². The molecule has 0 saturated carbocycles. The molecule has 0 nitrogen and oxygen atoms in total. The van der Waals surface area contributed by atoms with E-state index in [-0.39, 0.29) is 11.7 Å². The number of rotatable bonds is 3. The van der Waals surface area contributed by atoms with E-state index in [0.29, 0.717) is 6.42 Å². The zero-order valence-corrected chi connectivity index (χ0v) is 6.02. The lowest BCUT2D eigenvalue weighted by Gasteiger charge is -2.00. The molecule has 1 heteroatoms. The Kier molecular flexibility index (Phi) is 4.02. The zero-order valence-electron chi connectivity index (χ0n) is 6.02. The molecular weight excluding hydrogens is 115 g/mol. The van der Waals surface area contributed by atoms with Gasteiger partial charge in [-0.15, -0.1) is 0 Å². The molecule has 0 amide bonds. The lowest BCUT2D eigenvalue weighted by Crippen LogP contribution is -1.87. The van der Waals surface area contributed by atoms with Crippen LogP contribution in [0.2, 0.25) is 0 Å². The Balaban J connectivity index is 3.50. The third kappa shape index (κ3) is 5.28. The first-order chi connectivity index (χ1) is 4.16. The molecule has 0 aliphatic carbocycles. The number of halogens is 1. The molecule has 9 heavy (non-hydrogen) atoms. The van der Waals surface area contributed by atoms with Crippen molar-refractivity contribution in [2.45, 2.75) is 20.3 Å². The molecule has 0 aromatic carbocycles. The molecule has 0 N–H and O–H groups in total. The van der Waals surface area contributed by atoms with Crippen LogP contribution in [-0.4, -0.2) is 0 Å². The number of hydrogen-bond acceptors (Lipinski definition) is 0. The fourth-order valence-electron chi connectivity index (χ4n) is 0.746. The van der Waals surface area contributed by atoms with Gasteiger partial charge >= 0.3 is 0 Å². The highest BCUT2D eigenvalue weighted by molar-refractivity contribution is 4.91. The van der Waals surface area contributed by atoms with E-state index in [1.165, 1.54) is 0 Å². The highest BCUT2D eigenvalue weighted by Gasteiger charge is 1.97. The fourth-order valence-corrected chi connectivity index (χ4v) is 0.746. The highest BCUT2D eigenvalue weighted by Crippen LogP contribution is 2.10. The van der Waals surface area contributed by atoms with Crippen LogP contribution in [0, 0.1) is 5.92 Å². The van der Waals surface area contributed by atoms with E-state index in [4.69, 9.17) is 0 Å². The van der Waals surface area contributed by atoms with Crippen molar-refractivity contribution in [3.63, 3.8) is 0 Å². The third-order valence-corrected chi connectivity index (χ3v) is 1.06. The Morgan fingerprint density at radius 2 is 2.33 bits per heavy atom. The van der Waals surface area contributed by atoms with E-state index < -0.39 is 0 Å². The maximum absolute atomic E-state index is 12.0. The molecule has 0 aliphatic heterocycles. The normalized spacial score (nSPS) is 14.1. The molecule has 1 unspecified atom stereocenters. The Morgan fingerprint density at radius 1 is 1.78 bits per heavy atom. The fraction of sp³-hybridized carbons (Fsp3) is 0.500. The summed E-state index contributed by atoms with van der Waals surface area (Å²) >= 11 is 0. The van der Waals surface area contributed by atoms with Crippen LogP contribution in [0.4, 0.5) is 4.39 Å². The minimum Gasteiger partial charge on any atom is -0.212 e. The predicted octanol–water partition coefficient (Wildman–Crippen LogP) is 3.07. The van der Waals surface area contributed by atoms with Gasteiger partial charge in [0.05, 0.1) is 5.83 Å². The zero-order chi connectivity index (χ0) is 7.28. The number of allylic oxidation sites excluding steroid dienone is 3. The quantitative estimate of drug-likeness (QED) is 0.512. The summed E-state index contributed by atoms with van der Waals surface area (Å²) in [5.41, 5.74) is 0. The molecule has 1 atom stereocenters. The van der Waals surface area contributed by atoms with Crippen molar-refractivity contribution < 1.29 is 4.39 Å². The first-order valence-corrected chi connectivity index (χ1v) is 3.13. The minimum atomic E-state index is -0.236. The first kappa shape index (κ1) is 8.41. The second kappa shape index (κ2) is 4.30. The maximum Gasteiger partial charge on any atom is 0.0933 e. The predicted molar refractivity (Wildman–Crippen MR) is 38.8 cm³/mol. The topological polar surface area (TPSA) is 0 Å². The van der Waals surface area contributed by atoms with Crippen molar-refractivity contribution in [1.29, 1.82) is 0 Å². The van der Waals surface area contributed by atoms with Crippen LogP contribution in [0.3, 0.4) is 0 Å². The lowest BCUT2D eigenvalue weighted by molar-refractivity contribution is 0.545. The van der Waals surface area contributed by atoms with E-state index in [1.54, 1.807) is 0 Å². The molecule has 0 spiro atoms. The first-order valence-electron chi connectivity index (χ1n) is 3.13. The van der Waals surface area contributed by atoms with Gasteiger partial charge in [-0.2, -0.15) is 0 Å².